The summed E-state index contributed by atoms with van der Waals surface area (Å²) in [5.41, 5.74) is 5.23. The number of hydrogen-bond acceptors (Lipinski definition) is 3. The largest absolute Gasteiger partial charge is 0.480 e. The molecule has 0 unspecified atom stereocenters. The summed E-state index contributed by atoms with van der Waals surface area (Å²) in [6.45, 7) is 1.88. The maximum Gasteiger partial charge on any atom is 0.321 e. The van der Waals surface area contributed by atoms with E-state index in [0.717, 1.165) is 6.42 Å². The van der Waals surface area contributed by atoms with Gasteiger partial charge in [0.2, 0.25) is 0 Å². The van der Waals surface area contributed by atoms with Gasteiger partial charge >= 0.3 is 5.97 Å². The first-order valence-corrected chi connectivity index (χ1v) is 3.57. The first kappa shape index (κ1) is 10.1. The Morgan fingerprint density at radius 1 is 1.73 bits per heavy atom. The topological polar surface area (TPSA) is 80.4 Å². The molecule has 0 radical (unpaired) electrons. The fourth-order valence-corrected chi connectivity index (χ4v) is 0.849. The van der Waals surface area contributed by atoms with Gasteiger partial charge in [-0.1, -0.05) is 13.3 Å². The minimum absolute atomic E-state index is 0.539. The number of hydrogen-bond donors (Lipinski definition) is 2. The van der Waals surface area contributed by atoms with E-state index < -0.39 is 17.9 Å². The summed E-state index contributed by atoms with van der Waals surface area (Å²) in [7, 11) is 0. The van der Waals surface area contributed by atoms with Gasteiger partial charge in [0, 0.05) is 5.92 Å². The minimum atomic E-state index is -1.12. The quantitative estimate of drug-likeness (QED) is 0.554. The number of aliphatic carboxylic acids is 1. The van der Waals surface area contributed by atoms with Crippen molar-refractivity contribution >= 4 is 12.3 Å². The van der Waals surface area contributed by atoms with Crippen molar-refractivity contribution in [2.24, 2.45) is 11.7 Å². The van der Waals surface area contributed by atoms with Crippen molar-refractivity contribution in [3.8, 4) is 0 Å². The number of nitrogens with two attached hydrogens (primary N) is 1. The van der Waals surface area contributed by atoms with Crippen LogP contribution in [0.2, 0.25) is 0 Å². The van der Waals surface area contributed by atoms with Gasteiger partial charge in [0.1, 0.15) is 12.3 Å². The zero-order chi connectivity index (χ0) is 8.85. The predicted molar refractivity (Wildman–Crippen MR) is 40.1 cm³/mol. The summed E-state index contributed by atoms with van der Waals surface area (Å²) in [6, 6.07) is -1.05. The summed E-state index contributed by atoms with van der Waals surface area (Å²) >= 11 is 0. The molecule has 0 saturated carbocycles. The van der Waals surface area contributed by atoms with Crippen molar-refractivity contribution in [1.82, 2.24) is 0 Å². The average molecular weight is 159 g/mol. The molecular weight excluding hydrogens is 146 g/mol. The van der Waals surface area contributed by atoms with Gasteiger partial charge < -0.3 is 15.6 Å². The molecule has 0 saturated heterocycles. The molecule has 0 amide bonds. The van der Waals surface area contributed by atoms with Gasteiger partial charge in [-0.3, -0.25) is 4.79 Å². The zero-order valence-electron chi connectivity index (χ0n) is 6.49. The van der Waals surface area contributed by atoms with Crippen LogP contribution in [0.1, 0.15) is 19.8 Å². The third-order valence-electron chi connectivity index (χ3n) is 1.54. The van der Waals surface area contributed by atoms with Crippen LogP contribution < -0.4 is 5.73 Å². The molecule has 2 atom stereocenters. The molecule has 0 rings (SSSR count). The van der Waals surface area contributed by atoms with Crippen LogP contribution in [0.4, 0.5) is 0 Å². The van der Waals surface area contributed by atoms with Crippen molar-refractivity contribution in [2.45, 2.75) is 25.8 Å². The number of aldehydes is 1. The first-order chi connectivity index (χ1) is 5.13. The molecular formula is C7H13NO3. The van der Waals surface area contributed by atoms with E-state index in [1.807, 2.05) is 6.92 Å². The summed E-state index contributed by atoms with van der Waals surface area (Å²) in [5, 5.41) is 8.43. The molecule has 11 heavy (non-hydrogen) atoms. The van der Waals surface area contributed by atoms with Crippen molar-refractivity contribution in [3.63, 3.8) is 0 Å². The summed E-state index contributed by atoms with van der Waals surface area (Å²) in [5.74, 6) is -1.66. The second-order valence-corrected chi connectivity index (χ2v) is 2.45. The third-order valence-corrected chi connectivity index (χ3v) is 1.54. The lowest BCUT2D eigenvalue weighted by Crippen LogP contribution is -2.38. The van der Waals surface area contributed by atoms with Gasteiger partial charge in [0.25, 0.3) is 0 Å². The van der Waals surface area contributed by atoms with E-state index in [1.54, 1.807) is 0 Å². The van der Waals surface area contributed by atoms with E-state index >= 15 is 0 Å². The number of carbonyl (C=O) groups excluding carboxylic acids is 1. The number of carbonyl (C=O) groups is 2. The van der Waals surface area contributed by atoms with E-state index in [1.165, 1.54) is 0 Å². The van der Waals surface area contributed by atoms with Gasteiger partial charge in [-0.25, -0.2) is 0 Å². The van der Waals surface area contributed by atoms with E-state index in [9.17, 15) is 9.59 Å². The third kappa shape index (κ3) is 3.13. The number of rotatable bonds is 5. The Kier molecular flexibility index (Phi) is 4.45. The monoisotopic (exact) mass is 159 g/mol. The lowest BCUT2D eigenvalue weighted by atomic mass is 9.97. The predicted octanol–water partition coefficient (Wildman–Crippen LogP) is 0.0135. The van der Waals surface area contributed by atoms with Crippen LogP contribution in [-0.2, 0) is 9.59 Å². The molecule has 0 heterocycles. The highest BCUT2D eigenvalue weighted by atomic mass is 16.4. The highest BCUT2D eigenvalue weighted by Crippen LogP contribution is 2.06. The van der Waals surface area contributed by atoms with Gasteiger partial charge in [0.15, 0.2) is 0 Å². The summed E-state index contributed by atoms with van der Waals surface area (Å²) in [4.78, 5) is 20.6. The second-order valence-electron chi connectivity index (χ2n) is 2.45. The van der Waals surface area contributed by atoms with Crippen molar-refractivity contribution in [3.05, 3.63) is 0 Å². The molecule has 0 aliphatic carbocycles. The number of carboxylic acid groups (broad SMARTS) is 1. The summed E-state index contributed by atoms with van der Waals surface area (Å²) in [6.07, 6.45) is 1.92. The standard InChI is InChI=1S/C7H13NO3/c1-2-3-5(4-9)6(8)7(10)11/h4-6H,2-3,8H2,1H3,(H,10,11)/t5-,6+/m1/s1. The Morgan fingerprint density at radius 3 is 2.55 bits per heavy atom. The van der Waals surface area contributed by atoms with Gasteiger partial charge in [-0.15, -0.1) is 0 Å². The van der Waals surface area contributed by atoms with Crippen LogP contribution in [0.3, 0.4) is 0 Å². The first-order valence-electron chi connectivity index (χ1n) is 3.57. The van der Waals surface area contributed by atoms with E-state index in [2.05, 4.69) is 0 Å². The molecule has 4 heteroatoms. The maximum atomic E-state index is 10.3. The average Bonchev–Trinajstić information content (AvgIpc) is 1.98. The maximum absolute atomic E-state index is 10.3. The van der Waals surface area contributed by atoms with Crippen LogP contribution in [0.15, 0.2) is 0 Å². The van der Waals surface area contributed by atoms with Crippen LogP contribution in [0.5, 0.6) is 0 Å². The fraction of sp³-hybridized carbons (Fsp3) is 0.714. The van der Waals surface area contributed by atoms with Crippen LogP contribution in [-0.4, -0.2) is 23.4 Å². The lowest BCUT2D eigenvalue weighted by Gasteiger charge is -2.12. The Morgan fingerprint density at radius 2 is 2.27 bits per heavy atom. The normalized spacial score (nSPS) is 15.5. The molecule has 64 valence electrons. The van der Waals surface area contributed by atoms with Gasteiger partial charge in [-0.2, -0.15) is 0 Å². The fourth-order valence-electron chi connectivity index (χ4n) is 0.849. The molecule has 0 bridgehead atoms. The molecule has 0 spiro atoms. The lowest BCUT2D eigenvalue weighted by molar-refractivity contribution is -0.141. The molecule has 0 aromatic carbocycles. The van der Waals surface area contributed by atoms with Crippen LogP contribution in [0, 0.1) is 5.92 Å². The SMILES string of the molecule is CCC[C@H](C=O)[C@H](N)C(=O)O. The molecule has 0 aliphatic rings. The minimum Gasteiger partial charge on any atom is -0.480 e. The highest BCUT2D eigenvalue weighted by Gasteiger charge is 2.22. The second kappa shape index (κ2) is 4.85. The highest BCUT2D eigenvalue weighted by molar-refractivity contribution is 5.77. The Labute approximate surface area is 65.4 Å². The van der Waals surface area contributed by atoms with Crippen LogP contribution >= 0.6 is 0 Å². The molecule has 0 fully saturated rings. The van der Waals surface area contributed by atoms with Gasteiger partial charge in [-0.05, 0) is 6.42 Å². The zero-order valence-corrected chi connectivity index (χ0v) is 6.49. The molecule has 0 aromatic rings. The van der Waals surface area contributed by atoms with Crippen molar-refractivity contribution in [2.75, 3.05) is 0 Å². The molecule has 4 nitrogen and oxygen atoms in total. The van der Waals surface area contributed by atoms with Crippen molar-refractivity contribution in [1.29, 1.82) is 0 Å². The Bertz CT molecular complexity index is 147. The Hall–Kier alpha value is -0.900. The molecule has 0 aromatic heterocycles. The van der Waals surface area contributed by atoms with Gasteiger partial charge in [0.05, 0.1) is 0 Å². The number of carboxylic acids is 1. The van der Waals surface area contributed by atoms with E-state index in [4.69, 9.17) is 10.8 Å². The smallest absolute Gasteiger partial charge is 0.321 e. The Balaban J connectivity index is 4.01. The molecule has 0 aliphatic heterocycles. The van der Waals surface area contributed by atoms with Crippen LogP contribution in [0.25, 0.3) is 0 Å². The summed E-state index contributed by atoms with van der Waals surface area (Å²) < 4.78 is 0. The van der Waals surface area contributed by atoms with Crippen molar-refractivity contribution < 1.29 is 14.7 Å². The van der Waals surface area contributed by atoms with E-state index in [0.29, 0.717) is 12.7 Å². The molecule has 3 N–H and O–H groups in total. The van der Waals surface area contributed by atoms with E-state index in [-0.39, 0.29) is 0 Å².